The number of fused-ring (bicyclic) bond motifs is 11. The van der Waals surface area contributed by atoms with Gasteiger partial charge in [0.25, 0.3) is 0 Å². The second-order valence-electron chi connectivity index (χ2n) is 31.2. The number of anilines is 3. The number of allylic oxidation sites excluding steroid dienone is 3. The number of phosphoric ester groups is 1. The summed E-state index contributed by atoms with van der Waals surface area (Å²) in [6, 6.07) is 0.417. The Bertz CT molecular complexity index is 3970. The van der Waals surface area contributed by atoms with Crippen LogP contribution in [0.5, 0.6) is 0 Å². The summed E-state index contributed by atoms with van der Waals surface area (Å²) in [6.07, 6.45) is 0.817. The predicted octanol–water partition coefficient (Wildman–Crippen LogP) is 5.15. The van der Waals surface area contributed by atoms with Crippen LogP contribution in [-0.4, -0.2) is 147 Å². The number of aryl methyl sites for hydroxylation is 2. The maximum absolute atomic E-state index is 14.4. The van der Waals surface area contributed by atoms with Gasteiger partial charge in [0.05, 0.1) is 36.7 Å². The number of hydrogen-bond donors (Lipinski definition) is 12. The zero-order chi connectivity index (χ0) is 77.4. The van der Waals surface area contributed by atoms with Gasteiger partial charge in [0.1, 0.15) is 30.3 Å². The number of nitrogen functional groups attached to an aromatic ring is 1. The minimum atomic E-state index is -5.06. The smallest absolute Gasteiger partial charge is 0.472 e. The number of ether oxygens (including phenoxy) is 1. The fourth-order valence-electron chi connectivity index (χ4n) is 17.8. The van der Waals surface area contributed by atoms with E-state index in [1.54, 1.807) is 4.57 Å². The molecule has 4 unspecified atom stereocenters. The zero-order valence-electron chi connectivity index (χ0n) is 62.5. The second kappa shape index (κ2) is 33.2. The van der Waals surface area contributed by atoms with Crippen molar-refractivity contribution in [2.75, 3.05) is 42.3 Å². The quantitative estimate of drug-likeness (QED) is 0.0178. The Morgan fingerprint density at radius 3 is 2.03 bits per heavy atom. The number of nitrogens with one attached hydrogen (secondary N) is 2. The average Bonchev–Trinajstić information content (AvgIpc) is 1.53. The van der Waals surface area contributed by atoms with Crippen molar-refractivity contribution < 1.29 is 88.4 Å². The molecule has 5 saturated heterocycles. The largest absolute Gasteiger partial charge is 0.685 e. The maximum Gasteiger partial charge on any atom is 0.472 e. The van der Waals surface area contributed by atoms with Crippen LogP contribution in [0, 0.1) is 66.1 Å². The molecular weight excluding hydrogens is 1430 g/mol. The fraction of sp³-hybridized carbons (Fsp3) is 0.653. The van der Waals surface area contributed by atoms with Crippen molar-refractivity contribution in [3.63, 3.8) is 0 Å². The van der Waals surface area contributed by atoms with E-state index in [2.05, 4.69) is 37.4 Å². The van der Waals surface area contributed by atoms with Crippen molar-refractivity contribution in [2.45, 2.75) is 226 Å². The van der Waals surface area contributed by atoms with Crippen LogP contribution >= 0.6 is 7.82 Å². The second-order valence-corrected chi connectivity index (χ2v) is 32.5. The molecule has 0 aliphatic carbocycles. The maximum atomic E-state index is 14.4. The first-order valence-corrected chi connectivity index (χ1v) is 37.6. The normalized spacial score (nSPS) is 33.1. The minimum Gasteiger partial charge on any atom is -0.685 e. The van der Waals surface area contributed by atoms with Crippen LogP contribution in [-0.2, 0) is 68.7 Å². The molecule has 3 aromatic rings. The molecule has 19 N–H and O–H groups in total. The van der Waals surface area contributed by atoms with Gasteiger partial charge in [0.15, 0.2) is 17.9 Å². The van der Waals surface area contributed by atoms with Crippen LogP contribution in [0.25, 0.3) is 32.3 Å². The molecule has 7 amide bonds. The molecule has 589 valence electrons. The van der Waals surface area contributed by atoms with E-state index >= 15 is 0 Å². The first-order chi connectivity index (χ1) is 49.2. The average molecular weight is 1540 g/mol. The Morgan fingerprint density at radius 2 is 1.42 bits per heavy atom. The summed E-state index contributed by atoms with van der Waals surface area (Å²) in [4.78, 5) is 119. The van der Waals surface area contributed by atoms with E-state index in [9.17, 15) is 53.2 Å². The number of amides is 7. The van der Waals surface area contributed by atoms with Gasteiger partial charge in [-0.25, -0.2) is 19.5 Å². The number of nitrogens with zero attached hydrogens (tertiary/aromatic N) is 9. The third kappa shape index (κ3) is 17.0. The topological polar surface area (TPSA) is 535 Å². The Hall–Kier alpha value is -7.46. The van der Waals surface area contributed by atoms with E-state index in [0.29, 0.717) is 45.1 Å². The van der Waals surface area contributed by atoms with Gasteiger partial charge in [-0.1, -0.05) is 60.0 Å². The molecule has 8 bridgehead atoms. The summed E-state index contributed by atoms with van der Waals surface area (Å²) in [5.41, 5.74) is 42.8. The number of rotatable bonds is 30. The predicted molar refractivity (Wildman–Crippen MR) is 392 cm³/mol. The van der Waals surface area contributed by atoms with E-state index in [4.69, 9.17) is 75.2 Å². The van der Waals surface area contributed by atoms with Gasteiger partial charge >= 0.3 is 7.82 Å². The van der Waals surface area contributed by atoms with Gasteiger partial charge in [-0.2, -0.15) is 23.5 Å². The van der Waals surface area contributed by atoms with Crippen LogP contribution in [0.3, 0.4) is 0 Å². The van der Waals surface area contributed by atoms with Crippen molar-refractivity contribution in [1.82, 2.24) is 20.3 Å². The summed E-state index contributed by atoms with van der Waals surface area (Å²) in [5, 5.41) is 50.2. The number of primary amides is 6. The Labute approximate surface area is 630 Å². The van der Waals surface area contributed by atoms with E-state index in [0.717, 1.165) is 55.1 Å². The molecule has 2 aromatic heterocycles. The van der Waals surface area contributed by atoms with Crippen LogP contribution in [0.4, 0.5) is 17.3 Å². The van der Waals surface area contributed by atoms with Gasteiger partial charge in [-0.15, -0.1) is 34.8 Å². The minimum absolute atomic E-state index is 0. The number of aliphatic hydroxyl groups is 2. The third-order valence-corrected chi connectivity index (χ3v) is 24.9. The van der Waals surface area contributed by atoms with E-state index in [-0.39, 0.29) is 94.0 Å². The number of aliphatic hydroxyl groups excluding tert-OH is 2. The number of carbonyl (C=O) groups is 7. The van der Waals surface area contributed by atoms with Crippen molar-refractivity contribution in [3.8, 4) is 0 Å². The fourth-order valence-corrected chi connectivity index (χ4v) is 19.0. The molecule has 1 aromatic carbocycles. The third-order valence-electron chi connectivity index (χ3n) is 23.7. The molecule has 32 nitrogen and oxygen atoms in total. The zero-order valence-corrected chi connectivity index (χ0v) is 64.4. The van der Waals surface area contributed by atoms with Crippen molar-refractivity contribution in [2.24, 2.45) is 79.7 Å². The summed E-state index contributed by atoms with van der Waals surface area (Å²) in [6.45, 7) is 25.0. The standard InChI is InChI=1S/C62H92N13O14P.C10H16N5.Co/c1-29-20-39-40(21-30(29)2)75(28-70-39)57-52(84)53(41(27-76)87-57)89-90(85,86)88-31(3)26-69-49(83)18-19-59(8)37(22-46(66)80)56-62(11)61(10,25-48(68)82)36(14-17-45(65)79)51(74-62)33(5)55-60(9,24-47(67)81)34(12-15-43(63)77)38(71-55)23-42-58(6,7)35(13-16-44(64)78)50(72-42)32(4)54(59)73-56;1-2-3-4-5-15-7-14-8-9(11)12-6-13-10(8)15;/h20-21,23,28,31,34-38,41,50-53,56-57,76,84H,12-19,22,24-27H2,1-11H3,(H14,63,64,65,66,67,68,69,77,78,79,80,81,82,83,85,86);6,14H,1-5,7H2,(H2,11,12,13);/q-4;-1;/b42-23-,54-32-,55-33-;;/t31-,34-,35-,36-,37+,38?,41-,50?,51?,52-,53-,56-,57+,59-,60+,61+,62+;;/m1../s1. The van der Waals surface area contributed by atoms with E-state index < -0.39 is 161 Å². The number of aromatic nitrogens is 4. The summed E-state index contributed by atoms with van der Waals surface area (Å²) < 4.78 is 32.3. The molecule has 18 atom stereocenters. The molecule has 10 rings (SSSR count). The van der Waals surface area contributed by atoms with Gasteiger partial charge < -0.3 is 108 Å². The molecule has 7 aliphatic rings. The molecule has 106 heavy (non-hydrogen) atoms. The van der Waals surface area contributed by atoms with E-state index in [1.807, 2.05) is 87.4 Å². The molecule has 0 saturated carbocycles. The number of carbonyl (C=O) groups excluding carboxylic acids is 7. The summed E-state index contributed by atoms with van der Waals surface area (Å²) in [5.74, 6) is -5.41. The Balaban J connectivity index is 0.000000783. The van der Waals surface area contributed by atoms with Crippen LogP contribution < -0.4 is 65.2 Å². The number of imidazole rings is 1. The number of benzene rings is 1. The molecule has 1 radical (unpaired) electrons. The molecule has 9 heterocycles. The van der Waals surface area contributed by atoms with Gasteiger partial charge in [-0.05, 0) is 135 Å². The molecular formula is C72H108CoN18O14P-5. The van der Waals surface area contributed by atoms with Crippen LogP contribution in [0.15, 0.2) is 59.1 Å². The Morgan fingerprint density at radius 1 is 0.802 bits per heavy atom. The van der Waals surface area contributed by atoms with Crippen molar-refractivity contribution in [3.05, 3.63) is 98.4 Å². The van der Waals surface area contributed by atoms with Gasteiger partial charge in [0, 0.05) is 74.8 Å². The number of phosphoric acid groups is 1. The van der Waals surface area contributed by atoms with Gasteiger partial charge in [0.2, 0.25) is 41.4 Å². The van der Waals surface area contributed by atoms with Crippen LogP contribution in [0.1, 0.15) is 170 Å². The van der Waals surface area contributed by atoms with E-state index in [1.165, 1.54) is 19.6 Å². The van der Waals surface area contributed by atoms with Crippen molar-refractivity contribution in [1.29, 1.82) is 0 Å². The monoisotopic (exact) mass is 1540 g/mol. The van der Waals surface area contributed by atoms with Gasteiger partial charge in [-0.3, -0.25) is 42.6 Å². The first-order valence-electron chi connectivity index (χ1n) is 36.1. The molecule has 7 aliphatic heterocycles. The van der Waals surface area contributed by atoms with Crippen LogP contribution in [0.2, 0.25) is 0 Å². The number of nitrogens with two attached hydrogens (primary N) is 7. The van der Waals surface area contributed by atoms with Crippen molar-refractivity contribution >= 4 is 77.5 Å². The molecule has 34 heteroatoms. The molecule has 0 spiro atoms. The first kappa shape index (κ1) is 84.2. The number of hydrogen-bond acceptors (Lipinski definition) is 18. The Kier molecular flexibility index (Phi) is 26.3. The summed E-state index contributed by atoms with van der Waals surface area (Å²) >= 11 is 0. The number of unbranched alkanes of at least 4 members (excludes halogenated alkanes) is 2. The SMILES string of the molecule is C/C1=C2/[N-][C@H]([C@H](CC(N)=O)[C@@]2(C)CCC(=O)NC[C@@H](C)OP(=O)(O)O[C@H]2[C@@H](O)[C@@H]([n+]3c[n-]c4cc(C)c(C)cc43)O[C@@H]2CO)[C@]2(C)[N-]C(/C(C)=C3\[N-]C(/C=C4\[N-]C1[C@@H](CCC(N)=O)C4(C)C)[C@@H](CCC(N)=O)[C@]3(C)CC(N)=O)[C@@H](CCC(N)=O)[C@]2(C)CC(N)=O.[CH2-]CCCCN1CNc2c(N)ncnc21.[Co]. The summed E-state index contributed by atoms with van der Waals surface area (Å²) in [7, 11) is -5.06. The molecule has 5 fully saturated rings.